The summed E-state index contributed by atoms with van der Waals surface area (Å²) < 4.78 is 0. The quantitative estimate of drug-likeness (QED) is 0.209. The highest BCUT2D eigenvalue weighted by Gasteiger charge is 2.52. The van der Waals surface area contributed by atoms with E-state index in [0.29, 0.717) is 5.41 Å². The van der Waals surface area contributed by atoms with E-state index >= 15 is 0 Å². The molecule has 1 saturated carbocycles. The molecule has 0 bridgehead atoms. The van der Waals surface area contributed by atoms with Gasteiger partial charge in [0.15, 0.2) is 0 Å². The predicted molar refractivity (Wildman–Crippen MR) is 124 cm³/mol. The molecule has 1 aliphatic carbocycles. The Labute approximate surface area is 173 Å². The fourth-order valence-corrected chi connectivity index (χ4v) is 6.02. The summed E-state index contributed by atoms with van der Waals surface area (Å²) in [4.78, 5) is 0. The average molecular weight is 377 g/mol. The fourth-order valence-electron chi connectivity index (χ4n) is 6.02. The van der Waals surface area contributed by atoms with Gasteiger partial charge in [0.05, 0.1) is 0 Å². The van der Waals surface area contributed by atoms with Gasteiger partial charge in [-0.25, -0.2) is 0 Å². The lowest BCUT2D eigenvalue weighted by Gasteiger charge is -2.42. The first-order valence-corrected chi connectivity index (χ1v) is 12.6. The summed E-state index contributed by atoms with van der Waals surface area (Å²) in [5, 5.41) is 0. The second-order valence-corrected chi connectivity index (χ2v) is 10.3. The van der Waals surface area contributed by atoms with E-state index in [-0.39, 0.29) is 0 Å². The van der Waals surface area contributed by atoms with Crippen LogP contribution >= 0.6 is 0 Å². The third kappa shape index (κ3) is 7.25. The molecule has 0 radical (unpaired) electrons. The summed E-state index contributed by atoms with van der Waals surface area (Å²) in [6, 6.07) is 0. The first-order chi connectivity index (χ1) is 12.9. The van der Waals surface area contributed by atoms with Gasteiger partial charge in [-0.2, -0.15) is 0 Å². The van der Waals surface area contributed by atoms with Gasteiger partial charge in [0.1, 0.15) is 0 Å². The molecule has 0 aromatic rings. The molecule has 160 valence electrons. The molecule has 5 atom stereocenters. The van der Waals surface area contributed by atoms with Gasteiger partial charge < -0.3 is 0 Å². The molecule has 27 heavy (non-hydrogen) atoms. The Morgan fingerprint density at radius 1 is 0.889 bits per heavy atom. The van der Waals surface area contributed by atoms with E-state index in [0.717, 1.165) is 29.6 Å². The second kappa shape index (κ2) is 13.1. The zero-order valence-corrected chi connectivity index (χ0v) is 20.0. The Balaban J connectivity index is 3.07. The summed E-state index contributed by atoms with van der Waals surface area (Å²) in [6.45, 7) is 17.0. The highest BCUT2D eigenvalue weighted by molar-refractivity contribution is 5.05. The maximum absolute atomic E-state index is 2.62. The van der Waals surface area contributed by atoms with Crippen LogP contribution in [0.3, 0.4) is 0 Å². The smallest absolute Gasteiger partial charge is 0.0204 e. The second-order valence-electron chi connectivity index (χ2n) is 10.3. The first kappa shape index (κ1) is 24.8. The normalized spacial score (nSPS) is 29.9. The molecular weight excluding hydrogens is 324 g/mol. The van der Waals surface area contributed by atoms with Crippen LogP contribution in [0.15, 0.2) is 12.2 Å². The summed E-state index contributed by atoms with van der Waals surface area (Å²) in [7, 11) is 0. The van der Waals surface area contributed by atoms with Gasteiger partial charge in [-0.05, 0) is 67.1 Å². The van der Waals surface area contributed by atoms with Crippen LogP contribution in [-0.4, -0.2) is 0 Å². The summed E-state index contributed by atoms with van der Waals surface area (Å²) in [6.07, 6.45) is 21.8. The highest BCUT2D eigenvalue weighted by atomic mass is 14.6. The molecule has 5 unspecified atom stereocenters. The fraction of sp³-hybridized carbons (Fsp3) is 0.926. The Morgan fingerprint density at radius 2 is 1.59 bits per heavy atom. The molecule has 0 N–H and O–H groups in total. The lowest BCUT2D eigenvalue weighted by molar-refractivity contribution is 0.0807. The summed E-state index contributed by atoms with van der Waals surface area (Å²) in [5.74, 6) is 4.53. The van der Waals surface area contributed by atoms with E-state index in [4.69, 9.17) is 0 Å². The number of hydrogen-bond acceptors (Lipinski definition) is 0. The number of unbranched alkanes of at least 4 members (excludes halogenated alkanes) is 3. The van der Waals surface area contributed by atoms with Crippen LogP contribution in [-0.2, 0) is 0 Å². The minimum absolute atomic E-state index is 0.565. The Hall–Kier alpha value is -0.260. The standard InChI is InChI=1S/C27H52/c1-8-11-14-16-23(6)27(20-15-12-9-2)21-25(19-18-22(4)5)24(7)26(27)17-13-10-3/h12,15,22-26H,8-11,13-14,16-21H2,1-7H3/b15-12-. The van der Waals surface area contributed by atoms with Crippen molar-refractivity contribution < 1.29 is 0 Å². The van der Waals surface area contributed by atoms with Crippen molar-refractivity contribution in [2.75, 3.05) is 0 Å². The minimum Gasteiger partial charge on any atom is -0.0888 e. The van der Waals surface area contributed by atoms with Crippen molar-refractivity contribution in [2.45, 2.75) is 126 Å². The zero-order valence-electron chi connectivity index (χ0n) is 20.0. The number of rotatable bonds is 14. The first-order valence-electron chi connectivity index (χ1n) is 12.6. The monoisotopic (exact) mass is 376 g/mol. The Bertz CT molecular complexity index is 393. The molecule has 0 aromatic carbocycles. The zero-order chi connectivity index (χ0) is 20.3. The molecule has 1 rings (SSSR count). The van der Waals surface area contributed by atoms with Crippen molar-refractivity contribution in [3.8, 4) is 0 Å². The van der Waals surface area contributed by atoms with Gasteiger partial charge in [-0.1, -0.05) is 106 Å². The van der Waals surface area contributed by atoms with Crippen LogP contribution in [0.4, 0.5) is 0 Å². The van der Waals surface area contributed by atoms with Crippen LogP contribution in [0.2, 0.25) is 0 Å². The van der Waals surface area contributed by atoms with E-state index in [1.807, 2.05) is 0 Å². The lowest BCUT2D eigenvalue weighted by atomic mass is 9.62. The topological polar surface area (TPSA) is 0 Å². The largest absolute Gasteiger partial charge is 0.0888 e. The van der Waals surface area contributed by atoms with Crippen molar-refractivity contribution in [3.05, 3.63) is 12.2 Å². The van der Waals surface area contributed by atoms with Crippen LogP contribution in [0.1, 0.15) is 126 Å². The van der Waals surface area contributed by atoms with E-state index < -0.39 is 0 Å². The van der Waals surface area contributed by atoms with Gasteiger partial charge in [0.25, 0.3) is 0 Å². The molecule has 0 aromatic heterocycles. The van der Waals surface area contributed by atoms with Crippen LogP contribution < -0.4 is 0 Å². The molecule has 0 spiro atoms. The van der Waals surface area contributed by atoms with Gasteiger partial charge in [-0.3, -0.25) is 0 Å². The Morgan fingerprint density at radius 3 is 2.19 bits per heavy atom. The maximum Gasteiger partial charge on any atom is -0.0204 e. The van der Waals surface area contributed by atoms with Gasteiger partial charge in [0.2, 0.25) is 0 Å². The van der Waals surface area contributed by atoms with Crippen molar-refractivity contribution in [3.63, 3.8) is 0 Å². The molecule has 0 amide bonds. The van der Waals surface area contributed by atoms with E-state index in [2.05, 4.69) is 60.6 Å². The van der Waals surface area contributed by atoms with Crippen LogP contribution in [0, 0.1) is 35.0 Å². The summed E-state index contributed by atoms with van der Waals surface area (Å²) >= 11 is 0. The number of allylic oxidation sites excluding steroid dienone is 2. The summed E-state index contributed by atoms with van der Waals surface area (Å²) in [5.41, 5.74) is 0.565. The molecule has 0 heteroatoms. The van der Waals surface area contributed by atoms with Gasteiger partial charge in [-0.15, -0.1) is 0 Å². The minimum atomic E-state index is 0.565. The number of hydrogen-bond donors (Lipinski definition) is 0. The van der Waals surface area contributed by atoms with Crippen LogP contribution in [0.5, 0.6) is 0 Å². The maximum atomic E-state index is 2.62. The Kier molecular flexibility index (Phi) is 12.0. The third-order valence-electron chi connectivity index (χ3n) is 7.86. The highest BCUT2D eigenvalue weighted by Crippen LogP contribution is 2.60. The van der Waals surface area contributed by atoms with Crippen molar-refractivity contribution in [1.82, 2.24) is 0 Å². The molecule has 0 saturated heterocycles. The van der Waals surface area contributed by atoms with Gasteiger partial charge >= 0.3 is 0 Å². The molecule has 1 aliphatic rings. The lowest BCUT2D eigenvalue weighted by Crippen LogP contribution is -2.34. The third-order valence-corrected chi connectivity index (χ3v) is 7.86. The van der Waals surface area contributed by atoms with Gasteiger partial charge in [0, 0.05) is 0 Å². The molecule has 0 heterocycles. The van der Waals surface area contributed by atoms with Crippen molar-refractivity contribution in [1.29, 1.82) is 0 Å². The molecular formula is C27H52. The van der Waals surface area contributed by atoms with E-state index in [9.17, 15) is 0 Å². The predicted octanol–water partition coefficient (Wildman–Crippen LogP) is 9.44. The van der Waals surface area contributed by atoms with E-state index in [1.54, 1.807) is 0 Å². The van der Waals surface area contributed by atoms with Crippen LogP contribution in [0.25, 0.3) is 0 Å². The SMILES string of the molecule is CC/C=C\CC1(C(C)CCCCC)CC(CCC(C)C)C(C)C1CCCC. The molecule has 0 nitrogen and oxygen atoms in total. The average Bonchev–Trinajstić information content (AvgIpc) is 2.91. The van der Waals surface area contributed by atoms with Crippen molar-refractivity contribution >= 4 is 0 Å². The van der Waals surface area contributed by atoms with E-state index in [1.165, 1.54) is 77.0 Å². The molecule has 1 fully saturated rings. The molecule has 0 aliphatic heterocycles. The van der Waals surface area contributed by atoms with Crippen molar-refractivity contribution in [2.24, 2.45) is 35.0 Å².